The number of likely N-dealkylation sites (tertiary alicyclic amines) is 1. The fourth-order valence-corrected chi connectivity index (χ4v) is 6.76. The van der Waals surface area contributed by atoms with Crippen molar-refractivity contribution in [2.45, 2.75) is 64.1 Å². The van der Waals surface area contributed by atoms with Crippen molar-refractivity contribution in [2.24, 2.45) is 5.41 Å². The molecule has 1 aromatic heterocycles. The van der Waals surface area contributed by atoms with Crippen LogP contribution in [0, 0.1) is 5.41 Å². The van der Waals surface area contributed by atoms with E-state index in [-0.39, 0.29) is 23.2 Å². The van der Waals surface area contributed by atoms with E-state index < -0.39 is 10.0 Å². The minimum atomic E-state index is -3.16. The van der Waals surface area contributed by atoms with Crippen LogP contribution in [0.5, 0.6) is 5.75 Å². The lowest BCUT2D eigenvalue weighted by atomic mass is 9.54. The molecule has 4 heterocycles. The Balaban J connectivity index is 1.20. The van der Waals surface area contributed by atoms with Crippen LogP contribution in [0.4, 0.5) is 4.79 Å². The van der Waals surface area contributed by atoms with E-state index >= 15 is 0 Å². The molecule has 9 heteroatoms. The highest BCUT2D eigenvalue weighted by atomic mass is 32.2. The Labute approximate surface area is 196 Å². The van der Waals surface area contributed by atoms with Crippen molar-refractivity contribution < 1.29 is 22.7 Å². The van der Waals surface area contributed by atoms with Crippen LogP contribution < -0.4 is 4.74 Å². The van der Waals surface area contributed by atoms with E-state index in [0.29, 0.717) is 19.5 Å². The van der Waals surface area contributed by atoms with Gasteiger partial charge in [-0.25, -0.2) is 13.2 Å². The van der Waals surface area contributed by atoms with Crippen molar-refractivity contribution >= 4 is 21.7 Å². The Morgan fingerprint density at radius 3 is 2.55 bits per heavy atom. The van der Waals surface area contributed by atoms with Gasteiger partial charge in [0.2, 0.25) is 10.0 Å². The molecular weight excluding hydrogens is 442 g/mol. The molecule has 8 nitrogen and oxygen atoms in total. The summed E-state index contributed by atoms with van der Waals surface area (Å²) in [5.74, 6) is 0.876. The molecule has 0 bridgehead atoms. The summed E-state index contributed by atoms with van der Waals surface area (Å²) in [7, 11) is -3.16. The largest absolute Gasteiger partial charge is 0.485 e. The molecule has 5 rings (SSSR count). The van der Waals surface area contributed by atoms with Gasteiger partial charge in [0.15, 0.2) is 0 Å². The lowest BCUT2D eigenvalue weighted by Crippen LogP contribution is -2.59. The summed E-state index contributed by atoms with van der Waals surface area (Å²) < 4.78 is 36.8. The molecule has 0 N–H and O–H groups in total. The third-order valence-corrected chi connectivity index (χ3v) is 8.84. The first kappa shape index (κ1) is 22.7. The average Bonchev–Trinajstić information content (AvgIpc) is 3.11. The summed E-state index contributed by atoms with van der Waals surface area (Å²) >= 11 is 0. The second kappa shape index (κ2) is 7.98. The number of hydrogen-bond acceptors (Lipinski definition) is 6. The maximum atomic E-state index is 12.2. The number of pyridine rings is 1. The first-order valence-corrected chi connectivity index (χ1v) is 13.7. The quantitative estimate of drug-likeness (QED) is 0.667. The Hall–Kier alpha value is -2.13. The molecule has 3 aliphatic heterocycles. The predicted molar refractivity (Wildman–Crippen MR) is 124 cm³/mol. The summed E-state index contributed by atoms with van der Waals surface area (Å²) in [4.78, 5) is 18.6. The molecule has 180 valence electrons. The van der Waals surface area contributed by atoms with Crippen LogP contribution >= 0.6 is 0 Å². The van der Waals surface area contributed by atoms with Gasteiger partial charge in [-0.1, -0.05) is 6.08 Å². The van der Waals surface area contributed by atoms with E-state index in [1.807, 2.05) is 31.0 Å². The molecule has 1 saturated carbocycles. The third-order valence-electron chi connectivity index (χ3n) is 7.57. The fourth-order valence-electron chi connectivity index (χ4n) is 6.00. The lowest BCUT2D eigenvalue weighted by molar-refractivity contribution is -0.119. The number of amides is 1. The fraction of sp³-hybridized carbons (Fsp3) is 0.667. The minimum absolute atomic E-state index is 0.0905. The summed E-state index contributed by atoms with van der Waals surface area (Å²) in [6.07, 6.45) is 10.4. The average molecular weight is 476 g/mol. The normalized spacial score (nSPS) is 23.8. The molecule has 1 aromatic rings. The second-order valence-electron chi connectivity index (χ2n) is 10.5. The molecule has 1 aliphatic carbocycles. The number of aromatic nitrogens is 1. The van der Waals surface area contributed by atoms with Gasteiger partial charge in [-0.2, -0.15) is 4.31 Å². The Morgan fingerprint density at radius 2 is 1.94 bits per heavy atom. The lowest BCUT2D eigenvalue weighted by Gasteiger charge is -2.56. The van der Waals surface area contributed by atoms with E-state index in [2.05, 4.69) is 11.1 Å². The zero-order valence-electron chi connectivity index (χ0n) is 19.7. The molecule has 33 heavy (non-hydrogen) atoms. The summed E-state index contributed by atoms with van der Waals surface area (Å²) in [6.45, 7) is 6.15. The van der Waals surface area contributed by atoms with Crippen molar-refractivity contribution in [3.05, 3.63) is 29.6 Å². The molecule has 0 aromatic carbocycles. The van der Waals surface area contributed by atoms with Crippen molar-refractivity contribution in [1.29, 1.82) is 0 Å². The summed E-state index contributed by atoms with van der Waals surface area (Å²) in [5, 5.41) is 0. The molecule has 4 aliphatic rings. The molecule has 1 saturated heterocycles. The highest BCUT2D eigenvalue weighted by molar-refractivity contribution is 7.88. The Kier molecular flexibility index (Phi) is 5.47. The zero-order valence-corrected chi connectivity index (χ0v) is 20.5. The number of sulfonamides is 1. The maximum Gasteiger partial charge on any atom is 0.410 e. The number of carbonyl (C=O) groups excluding carboxylic acids is 1. The van der Waals surface area contributed by atoms with Gasteiger partial charge < -0.3 is 14.4 Å². The standard InChI is InChI=1S/C24H33N3O5S/c1-17(2)31-22(28)26-10-6-23(7-11-26)15-24(16-23)13-19-12-20(25-14-21(19)32-24)18-4-8-27(9-5-18)33(3,29)30/h4,12,14,17H,5-11,13,15-16H2,1-3H3. The monoisotopic (exact) mass is 475 g/mol. The topological polar surface area (TPSA) is 89.0 Å². The van der Waals surface area contributed by atoms with Crippen LogP contribution in [0.25, 0.3) is 5.57 Å². The van der Waals surface area contributed by atoms with Crippen LogP contribution in [0.15, 0.2) is 18.3 Å². The molecule has 2 fully saturated rings. The number of piperidine rings is 1. The van der Waals surface area contributed by atoms with Crippen LogP contribution in [0.1, 0.15) is 57.2 Å². The minimum Gasteiger partial charge on any atom is -0.485 e. The molecule has 0 radical (unpaired) electrons. The van der Waals surface area contributed by atoms with Gasteiger partial charge in [0, 0.05) is 38.2 Å². The number of carbonyl (C=O) groups is 1. The van der Waals surface area contributed by atoms with Crippen LogP contribution in [-0.2, 0) is 21.2 Å². The highest BCUT2D eigenvalue weighted by Gasteiger charge is 2.59. The van der Waals surface area contributed by atoms with E-state index in [1.54, 1.807) is 0 Å². The van der Waals surface area contributed by atoms with Gasteiger partial charge in [-0.05, 0) is 63.0 Å². The van der Waals surface area contributed by atoms with Gasteiger partial charge in [-0.15, -0.1) is 0 Å². The van der Waals surface area contributed by atoms with Crippen molar-refractivity contribution in [3.63, 3.8) is 0 Å². The van der Waals surface area contributed by atoms with Crippen molar-refractivity contribution in [2.75, 3.05) is 32.4 Å². The molecule has 0 atom stereocenters. The number of nitrogens with zero attached hydrogens (tertiary/aromatic N) is 3. The van der Waals surface area contributed by atoms with Gasteiger partial charge in [-0.3, -0.25) is 4.98 Å². The number of ether oxygens (including phenoxy) is 2. The predicted octanol–water partition coefficient (Wildman–Crippen LogP) is 3.23. The van der Waals surface area contributed by atoms with E-state index in [4.69, 9.17) is 9.47 Å². The van der Waals surface area contributed by atoms with E-state index in [0.717, 1.165) is 62.2 Å². The van der Waals surface area contributed by atoms with Gasteiger partial charge in [0.05, 0.1) is 24.3 Å². The molecule has 0 unspecified atom stereocenters. The SMILES string of the molecule is CC(C)OC(=O)N1CCC2(CC1)CC1(Cc3cc(C4=CCN(S(C)(=O)=O)CC4)ncc3O1)C2. The van der Waals surface area contributed by atoms with Crippen LogP contribution in [0.2, 0.25) is 0 Å². The smallest absolute Gasteiger partial charge is 0.410 e. The Bertz CT molecular complexity index is 1080. The summed E-state index contributed by atoms with van der Waals surface area (Å²) in [5.41, 5.74) is 3.34. The van der Waals surface area contributed by atoms with Gasteiger partial charge in [0.25, 0.3) is 0 Å². The summed E-state index contributed by atoms with van der Waals surface area (Å²) in [6, 6.07) is 2.13. The number of hydrogen-bond donors (Lipinski definition) is 0. The van der Waals surface area contributed by atoms with Crippen LogP contribution in [0.3, 0.4) is 0 Å². The third kappa shape index (κ3) is 4.37. The number of rotatable bonds is 3. The van der Waals surface area contributed by atoms with E-state index in [9.17, 15) is 13.2 Å². The van der Waals surface area contributed by atoms with Crippen molar-refractivity contribution in [1.82, 2.24) is 14.2 Å². The first-order chi connectivity index (χ1) is 15.6. The zero-order chi connectivity index (χ0) is 23.4. The Morgan fingerprint density at radius 1 is 1.21 bits per heavy atom. The highest BCUT2D eigenvalue weighted by Crippen LogP contribution is 2.60. The molecular formula is C24H33N3O5S. The van der Waals surface area contributed by atoms with Crippen molar-refractivity contribution in [3.8, 4) is 5.75 Å². The molecule has 2 spiro atoms. The first-order valence-electron chi connectivity index (χ1n) is 11.8. The maximum absolute atomic E-state index is 12.2. The molecule has 1 amide bonds. The number of fused-ring (bicyclic) bond motifs is 1. The van der Waals surface area contributed by atoms with Crippen LogP contribution in [-0.4, -0.2) is 72.8 Å². The van der Waals surface area contributed by atoms with Gasteiger partial charge >= 0.3 is 6.09 Å². The second-order valence-corrected chi connectivity index (χ2v) is 12.5. The van der Waals surface area contributed by atoms with E-state index in [1.165, 1.54) is 16.1 Å². The van der Waals surface area contributed by atoms with Gasteiger partial charge in [0.1, 0.15) is 11.4 Å².